The van der Waals surface area contributed by atoms with Gasteiger partial charge in [-0.3, -0.25) is 9.69 Å². The van der Waals surface area contributed by atoms with E-state index in [1.807, 2.05) is 0 Å². The molecule has 2 aromatic rings. The van der Waals surface area contributed by atoms with Crippen LogP contribution in [0.15, 0.2) is 36.4 Å². The molecule has 2 aromatic carbocycles. The number of carbonyl (C=O) groups is 5. The number of hydrogen-bond acceptors (Lipinski definition) is 13. The Morgan fingerprint density at radius 1 is 0.506 bits per heavy atom. The first kappa shape index (κ1) is 71.0. The quantitative estimate of drug-likeness (QED) is 0.0980. The molecule has 0 aromatic heterocycles. The van der Waals surface area contributed by atoms with Crippen LogP contribution in [0.4, 0.5) is 88.6 Å². The number of piperazine rings is 2. The van der Waals surface area contributed by atoms with Gasteiger partial charge in [-0.2, -0.15) is 79.0 Å². The van der Waals surface area contributed by atoms with Crippen molar-refractivity contribution in [3.63, 3.8) is 0 Å². The monoisotopic (exact) mass is 1210 g/mol. The molecule has 33 heteroatoms. The molecule has 0 spiro atoms. The Morgan fingerprint density at radius 2 is 0.852 bits per heavy atom. The van der Waals surface area contributed by atoms with Gasteiger partial charge in [0, 0.05) is 64.5 Å². The van der Waals surface area contributed by atoms with Crippen LogP contribution in [-0.4, -0.2) is 157 Å². The zero-order valence-electron chi connectivity index (χ0n) is 44.7. The van der Waals surface area contributed by atoms with Crippen molar-refractivity contribution in [3.8, 4) is 11.5 Å². The summed E-state index contributed by atoms with van der Waals surface area (Å²) in [7, 11) is 0. The van der Waals surface area contributed by atoms with Crippen molar-refractivity contribution in [1.82, 2.24) is 20.0 Å². The smallest absolute Gasteiger partial charge is 0.434 e. The lowest BCUT2D eigenvalue weighted by molar-refractivity contribution is -0.309. The van der Waals surface area contributed by atoms with Gasteiger partial charge in [0.05, 0.1) is 16.7 Å². The van der Waals surface area contributed by atoms with E-state index in [9.17, 15) is 103 Å². The summed E-state index contributed by atoms with van der Waals surface area (Å²) in [6.45, 7) is 14.8. The van der Waals surface area contributed by atoms with Crippen molar-refractivity contribution < 1.29 is 131 Å². The highest BCUT2D eigenvalue weighted by Gasteiger charge is 2.61. The van der Waals surface area contributed by atoms with E-state index in [0.29, 0.717) is 23.3 Å². The molecule has 462 valence electrons. The molecule has 4 rings (SSSR count). The van der Waals surface area contributed by atoms with Crippen LogP contribution in [0.2, 0.25) is 0 Å². The Kier molecular flexibility index (Phi) is 23.1. The third-order valence-corrected chi connectivity index (χ3v) is 10.4. The third kappa shape index (κ3) is 23.3. The number of halogens is 18. The summed E-state index contributed by atoms with van der Waals surface area (Å²) in [5, 5.41) is 2.79. The summed E-state index contributed by atoms with van der Waals surface area (Å²) in [6.07, 6.45) is -43.8. The number of nitrogens with zero attached hydrogens (tertiary/aromatic N) is 3. The van der Waals surface area contributed by atoms with Gasteiger partial charge in [0.15, 0.2) is 17.5 Å². The number of carbonyl (C=O) groups excluding carboxylic acids is 5. The average molecular weight is 1210 g/mol. The predicted molar refractivity (Wildman–Crippen MR) is 245 cm³/mol. The van der Waals surface area contributed by atoms with E-state index in [0.717, 1.165) is 29.2 Å². The molecule has 2 saturated heterocycles. The second kappa shape index (κ2) is 26.4. The highest BCUT2D eigenvalue weighted by atomic mass is 19.4. The number of ether oxygens (including phenoxy) is 6. The lowest BCUT2D eigenvalue weighted by atomic mass is 10.1. The lowest BCUT2D eigenvalue weighted by Gasteiger charge is -2.36. The van der Waals surface area contributed by atoms with Gasteiger partial charge in [-0.25, -0.2) is 19.2 Å². The predicted octanol–water partition coefficient (Wildman–Crippen LogP) is 11.5. The zero-order chi connectivity index (χ0) is 62.9. The highest BCUT2D eigenvalue weighted by molar-refractivity contribution is 5.82. The molecule has 2 amide bonds. The number of amides is 2. The van der Waals surface area contributed by atoms with E-state index in [4.69, 9.17) is 18.9 Å². The van der Waals surface area contributed by atoms with Gasteiger partial charge in [-0.05, 0) is 99.6 Å². The topological polar surface area (TPSA) is 162 Å². The van der Waals surface area contributed by atoms with E-state index in [2.05, 4.69) is 14.8 Å². The fourth-order valence-corrected chi connectivity index (χ4v) is 6.45. The first-order valence-corrected chi connectivity index (χ1v) is 23.6. The van der Waals surface area contributed by atoms with Crippen LogP contribution < -0.4 is 14.8 Å². The van der Waals surface area contributed by atoms with Crippen LogP contribution in [0.3, 0.4) is 0 Å². The first-order chi connectivity index (χ1) is 36.3. The largest absolute Gasteiger partial charge is 0.476 e. The molecule has 2 fully saturated rings. The number of nitrogens with one attached hydrogen (secondary N) is 1. The molecule has 0 atom stereocenters. The zero-order valence-corrected chi connectivity index (χ0v) is 44.7. The van der Waals surface area contributed by atoms with Gasteiger partial charge in [0.25, 0.3) is 12.2 Å². The molecule has 81 heavy (non-hydrogen) atoms. The van der Waals surface area contributed by atoms with E-state index < -0.39 is 107 Å². The van der Waals surface area contributed by atoms with Crippen molar-refractivity contribution >= 4 is 30.4 Å². The van der Waals surface area contributed by atoms with Crippen molar-refractivity contribution in [3.05, 3.63) is 58.7 Å². The minimum Gasteiger partial charge on any atom is -0.476 e. The van der Waals surface area contributed by atoms with Gasteiger partial charge in [0.2, 0.25) is 0 Å². The maximum atomic E-state index is 13.4. The minimum atomic E-state index is -5.86. The molecule has 2 heterocycles. The van der Waals surface area contributed by atoms with Gasteiger partial charge in [-0.1, -0.05) is 6.07 Å². The van der Waals surface area contributed by atoms with Crippen LogP contribution in [0.5, 0.6) is 11.5 Å². The maximum absolute atomic E-state index is 13.4. The third-order valence-electron chi connectivity index (χ3n) is 10.4. The first-order valence-electron chi connectivity index (χ1n) is 23.6. The summed E-state index contributed by atoms with van der Waals surface area (Å²) in [5.41, 5.74) is -6.86. The Hall–Kier alpha value is -6.15. The minimum absolute atomic E-state index is 0.00126. The summed E-state index contributed by atoms with van der Waals surface area (Å²) in [6, 6.07) is 5.10. The lowest BCUT2D eigenvalue weighted by Crippen LogP contribution is -2.52. The van der Waals surface area contributed by atoms with E-state index in [-0.39, 0.29) is 81.5 Å². The number of alkyl halides is 18. The van der Waals surface area contributed by atoms with Gasteiger partial charge < -0.3 is 43.5 Å². The van der Waals surface area contributed by atoms with E-state index in [1.54, 1.807) is 46.4 Å². The van der Waals surface area contributed by atoms with Crippen LogP contribution in [0, 0.1) is 0 Å². The SMILES string of the molecule is CC(C)(C)OC(=O)C(C)(C)Oc1cc(C(F)(F)F)ccc1C=O.CC(C)(C)OC(=O)C(C)(C)Oc1cc(C(F)(F)F)ccc1CN1CCN(C(=O)OC(C(F)(F)F)C(F)(F)F)CC1.O=C(OC(C(F)(F)F)C(F)(F)F)N1CCNCC1. The van der Waals surface area contributed by atoms with Crippen molar-refractivity contribution in [2.45, 2.75) is 147 Å². The van der Waals surface area contributed by atoms with Crippen LogP contribution >= 0.6 is 0 Å². The molecule has 2 aliphatic heterocycles. The van der Waals surface area contributed by atoms with Crippen molar-refractivity contribution in [2.75, 3.05) is 52.4 Å². The number of rotatable bonds is 11. The fourth-order valence-electron chi connectivity index (χ4n) is 6.45. The second-order valence-corrected chi connectivity index (χ2v) is 20.6. The second-order valence-electron chi connectivity index (χ2n) is 20.6. The van der Waals surface area contributed by atoms with Crippen LogP contribution in [0.1, 0.15) is 96.3 Å². The van der Waals surface area contributed by atoms with E-state index >= 15 is 0 Å². The molecule has 0 bridgehead atoms. The van der Waals surface area contributed by atoms with Crippen LogP contribution in [0.25, 0.3) is 0 Å². The Morgan fingerprint density at radius 3 is 1.20 bits per heavy atom. The Balaban J connectivity index is 0.000000460. The molecule has 2 aliphatic rings. The summed E-state index contributed by atoms with van der Waals surface area (Å²) >= 11 is 0. The summed E-state index contributed by atoms with van der Waals surface area (Å²) in [4.78, 5) is 61.9. The van der Waals surface area contributed by atoms with Crippen molar-refractivity contribution in [1.29, 1.82) is 0 Å². The molecule has 0 radical (unpaired) electrons. The molecular weight excluding hydrogens is 1150 g/mol. The normalized spacial score (nSPS) is 15.6. The summed E-state index contributed by atoms with van der Waals surface area (Å²) < 4.78 is 256. The van der Waals surface area contributed by atoms with Gasteiger partial charge >= 0.3 is 61.2 Å². The number of hydrogen-bond donors (Lipinski definition) is 1. The number of aldehydes is 1. The summed E-state index contributed by atoms with van der Waals surface area (Å²) in [5.74, 6) is -2.21. The Labute approximate surface area is 451 Å². The molecule has 0 saturated carbocycles. The number of esters is 2. The van der Waals surface area contributed by atoms with E-state index in [1.165, 1.54) is 27.7 Å². The van der Waals surface area contributed by atoms with Crippen molar-refractivity contribution in [2.24, 2.45) is 0 Å². The fraction of sp³-hybridized carbons (Fsp3) is 0.646. The molecule has 1 N–H and O–H groups in total. The molecular formula is C48H58F18N4O11. The Bertz CT molecular complexity index is 2420. The highest BCUT2D eigenvalue weighted by Crippen LogP contribution is 2.40. The number of benzene rings is 2. The maximum Gasteiger partial charge on any atom is 0.434 e. The standard InChI is InChI=1S/C24H29F9N2O5.C16H19F3O4.C8H10F6N2O2/c1-20(2,3)40-18(36)21(4,5)39-16-12-15(22(25,26)27)7-6-14(16)13-34-8-10-35(11-9-34)19(37)38-17(23(28,29)30)24(31,32)33;1-14(2,3)23-13(21)15(4,5)22-12-8-11(16(17,18)19)7-6-10(12)9-20;9-7(10,11)5(8(12,13)14)18-6(17)16-3-1-15-2-4-16/h6-7,12,17H,8-11,13H2,1-5H3;6-9H,1-5H3;5,15H,1-4H2. The molecule has 0 aliphatic carbocycles. The van der Waals surface area contributed by atoms with Crippen LogP contribution in [-0.2, 0) is 47.4 Å². The van der Waals surface area contributed by atoms with Gasteiger partial charge in [-0.15, -0.1) is 0 Å². The molecule has 0 unspecified atom stereocenters. The average Bonchev–Trinajstić information content (AvgIpc) is 3.28. The molecule has 15 nitrogen and oxygen atoms in total. The van der Waals surface area contributed by atoms with Gasteiger partial charge in [0.1, 0.15) is 22.7 Å².